The molecule has 18 heavy (non-hydrogen) atoms. The van der Waals surface area contributed by atoms with E-state index in [1.54, 1.807) is 0 Å². The van der Waals surface area contributed by atoms with Crippen LogP contribution in [0, 0.1) is 5.41 Å². The van der Waals surface area contributed by atoms with Crippen LogP contribution < -0.4 is 0 Å². The summed E-state index contributed by atoms with van der Waals surface area (Å²) in [4.78, 5) is 14.6. The van der Waals surface area contributed by atoms with Gasteiger partial charge in [0, 0.05) is 18.8 Å². The van der Waals surface area contributed by atoms with Crippen molar-refractivity contribution in [3.63, 3.8) is 0 Å². The Morgan fingerprint density at radius 3 is 2.83 bits per heavy atom. The number of carbonyl (C=O) groups is 1. The summed E-state index contributed by atoms with van der Waals surface area (Å²) < 4.78 is 5.03. The van der Waals surface area contributed by atoms with Crippen LogP contribution >= 0.6 is 0 Å². The minimum Gasteiger partial charge on any atom is -0.468 e. The lowest BCUT2D eigenvalue weighted by Crippen LogP contribution is -2.35. The van der Waals surface area contributed by atoms with Crippen molar-refractivity contribution in [2.75, 3.05) is 20.2 Å². The molecule has 0 aromatic heterocycles. The van der Waals surface area contributed by atoms with Crippen molar-refractivity contribution in [1.29, 1.82) is 0 Å². The van der Waals surface area contributed by atoms with E-state index in [1.807, 2.05) is 0 Å². The van der Waals surface area contributed by atoms with Crippen molar-refractivity contribution >= 4 is 5.97 Å². The van der Waals surface area contributed by atoms with Crippen LogP contribution in [0.5, 0.6) is 0 Å². The van der Waals surface area contributed by atoms with E-state index < -0.39 is 0 Å². The second-order valence-electron chi connectivity index (χ2n) is 5.60. The summed E-state index contributed by atoms with van der Waals surface area (Å²) in [7, 11) is 1.51. The fraction of sp³-hybridized carbons (Fsp3) is 0.667. The lowest BCUT2D eigenvalue weighted by molar-refractivity contribution is -0.150. The first-order valence-corrected chi connectivity index (χ1v) is 7.01. The maximum Gasteiger partial charge on any atom is 0.316 e. The first-order chi connectivity index (χ1) is 8.76. The molecule has 1 aliphatic heterocycles. The SMILES string of the molecule is COC(=O)C12CCC=C1C=C(N1CCCC1)CC2. The maximum absolute atomic E-state index is 12.1. The fourth-order valence-electron chi connectivity index (χ4n) is 3.64. The van der Waals surface area contributed by atoms with Gasteiger partial charge in [-0.05, 0) is 50.2 Å². The third-order valence-electron chi connectivity index (χ3n) is 4.71. The number of allylic oxidation sites excluding steroid dienone is 3. The van der Waals surface area contributed by atoms with E-state index >= 15 is 0 Å². The highest BCUT2D eigenvalue weighted by Gasteiger charge is 2.46. The van der Waals surface area contributed by atoms with Gasteiger partial charge < -0.3 is 9.64 Å². The molecular formula is C15H21NO2. The number of hydrogen-bond acceptors (Lipinski definition) is 3. The quantitative estimate of drug-likeness (QED) is 0.703. The first-order valence-electron chi connectivity index (χ1n) is 7.01. The zero-order valence-corrected chi connectivity index (χ0v) is 11.1. The molecule has 0 amide bonds. The van der Waals surface area contributed by atoms with Crippen LogP contribution in [-0.4, -0.2) is 31.1 Å². The van der Waals surface area contributed by atoms with Gasteiger partial charge in [-0.2, -0.15) is 0 Å². The van der Waals surface area contributed by atoms with Gasteiger partial charge >= 0.3 is 5.97 Å². The number of nitrogens with zero attached hydrogens (tertiary/aromatic N) is 1. The molecule has 1 unspecified atom stereocenters. The van der Waals surface area contributed by atoms with Crippen LogP contribution in [0.1, 0.15) is 38.5 Å². The highest BCUT2D eigenvalue weighted by Crippen LogP contribution is 2.49. The van der Waals surface area contributed by atoms with Crippen molar-refractivity contribution in [1.82, 2.24) is 4.90 Å². The molecule has 3 rings (SSSR count). The molecular weight excluding hydrogens is 226 g/mol. The molecule has 1 fully saturated rings. The highest BCUT2D eigenvalue weighted by molar-refractivity contribution is 5.83. The molecule has 0 aromatic carbocycles. The molecule has 98 valence electrons. The van der Waals surface area contributed by atoms with Gasteiger partial charge in [0.2, 0.25) is 0 Å². The summed E-state index contributed by atoms with van der Waals surface area (Å²) in [5, 5.41) is 0. The molecule has 0 spiro atoms. The Kier molecular flexibility index (Phi) is 2.92. The molecule has 2 aliphatic carbocycles. The minimum atomic E-state index is -0.321. The van der Waals surface area contributed by atoms with Gasteiger partial charge in [0.15, 0.2) is 0 Å². The topological polar surface area (TPSA) is 29.5 Å². The molecule has 1 saturated heterocycles. The molecule has 0 saturated carbocycles. The van der Waals surface area contributed by atoms with E-state index in [9.17, 15) is 4.79 Å². The second kappa shape index (κ2) is 4.45. The van der Waals surface area contributed by atoms with Crippen LogP contribution in [0.3, 0.4) is 0 Å². The Hall–Kier alpha value is -1.25. The van der Waals surface area contributed by atoms with E-state index in [1.165, 1.54) is 44.3 Å². The van der Waals surface area contributed by atoms with Crippen molar-refractivity contribution in [3.05, 3.63) is 23.4 Å². The second-order valence-corrected chi connectivity index (χ2v) is 5.60. The number of carbonyl (C=O) groups excluding carboxylic acids is 1. The lowest BCUT2D eigenvalue weighted by Gasteiger charge is -2.35. The predicted molar refractivity (Wildman–Crippen MR) is 69.9 cm³/mol. The van der Waals surface area contributed by atoms with Gasteiger partial charge in [0.05, 0.1) is 12.5 Å². The molecule has 3 aliphatic rings. The zero-order chi connectivity index (χ0) is 12.6. The highest BCUT2D eigenvalue weighted by atomic mass is 16.5. The van der Waals surface area contributed by atoms with Crippen LogP contribution in [0.15, 0.2) is 23.4 Å². The van der Waals surface area contributed by atoms with E-state index in [-0.39, 0.29) is 11.4 Å². The summed E-state index contributed by atoms with van der Waals surface area (Å²) >= 11 is 0. The Labute approximate surface area is 108 Å². The third-order valence-corrected chi connectivity index (χ3v) is 4.71. The monoisotopic (exact) mass is 247 g/mol. The summed E-state index contributed by atoms with van der Waals surface area (Å²) in [6, 6.07) is 0. The molecule has 0 N–H and O–H groups in total. The van der Waals surface area contributed by atoms with Crippen LogP contribution in [0.2, 0.25) is 0 Å². The Bertz CT molecular complexity index is 418. The Morgan fingerprint density at radius 2 is 2.11 bits per heavy atom. The normalized spacial score (nSPS) is 30.8. The van der Waals surface area contributed by atoms with Crippen molar-refractivity contribution < 1.29 is 9.53 Å². The number of ether oxygens (including phenoxy) is 1. The van der Waals surface area contributed by atoms with Gasteiger partial charge in [-0.1, -0.05) is 6.08 Å². The van der Waals surface area contributed by atoms with E-state index in [2.05, 4.69) is 17.1 Å². The number of likely N-dealkylation sites (tertiary alicyclic amines) is 1. The first kappa shape index (κ1) is 11.8. The summed E-state index contributed by atoms with van der Waals surface area (Å²) in [5.41, 5.74) is 2.32. The summed E-state index contributed by atoms with van der Waals surface area (Å²) in [6.45, 7) is 2.37. The number of fused-ring (bicyclic) bond motifs is 1. The van der Waals surface area contributed by atoms with Crippen molar-refractivity contribution in [2.24, 2.45) is 5.41 Å². The molecule has 0 bridgehead atoms. The minimum absolute atomic E-state index is 0.0389. The molecule has 1 atom stereocenters. The van der Waals surface area contributed by atoms with Crippen molar-refractivity contribution in [2.45, 2.75) is 38.5 Å². The average molecular weight is 247 g/mol. The molecule has 0 radical (unpaired) electrons. The smallest absolute Gasteiger partial charge is 0.316 e. The largest absolute Gasteiger partial charge is 0.468 e. The van der Waals surface area contributed by atoms with Crippen LogP contribution in [0.4, 0.5) is 0 Å². The molecule has 1 heterocycles. The van der Waals surface area contributed by atoms with Gasteiger partial charge in [-0.15, -0.1) is 0 Å². The number of hydrogen-bond donors (Lipinski definition) is 0. The number of rotatable bonds is 2. The van der Waals surface area contributed by atoms with Gasteiger partial charge in [0.1, 0.15) is 0 Å². The molecule has 3 heteroatoms. The molecule has 0 aromatic rings. The summed E-state index contributed by atoms with van der Waals surface area (Å²) in [6.07, 6.45) is 11.0. The van der Waals surface area contributed by atoms with E-state index in [0.29, 0.717) is 0 Å². The molecule has 3 nitrogen and oxygen atoms in total. The van der Waals surface area contributed by atoms with Crippen LogP contribution in [0.25, 0.3) is 0 Å². The van der Waals surface area contributed by atoms with Crippen LogP contribution in [-0.2, 0) is 9.53 Å². The maximum atomic E-state index is 12.1. The number of esters is 1. The number of methoxy groups -OCH3 is 1. The van der Waals surface area contributed by atoms with Crippen molar-refractivity contribution in [3.8, 4) is 0 Å². The fourth-order valence-corrected chi connectivity index (χ4v) is 3.64. The Balaban J connectivity index is 1.87. The van der Waals surface area contributed by atoms with E-state index in [4.69, 9.17) is 4.74 Å². The van der Waals surface area contributed by atoms with Gasteiger partial charge in [-0.25, -0.2) is 0 Å². The predicted octanol–water partition coefficient (Wildman–Crippen LogP) is 2.64. The van der Waals surface area contributed by atoms with Gasteiger partial charge in [-0.3, -0.25) is 4.79 Å². The average Bonchev–Trinajstić information content (AvgIpc) is 3.06. The van der Waals surface area contributed by atoms with Gasteiger partial charge in [0.25, 0.3) is 0 Å². The Morgan fingerprint density at radius 1 is 1.33 bits per heavy atom. The zero-order valence-electron chi connectivity index (χ0n) is 11.1. The standard InChI is InChI=1S/C15H21NO2/c1-18-14(17)15-7-4-5-12(15)11-13(6-8-15)16-9-2-3-10-16/h5,11H,2-4,6-10H2,1H3. The summed E-state index contributed by atoms with van der Waals surface area (Å²) in [5.74, 6) is -0.0389. The van der Waals surface area contributed by atoms with E-state index in [0.717, 1.165) is 25.7 Å². The third kappa shape index (κ3) is 1.68. The lowest BCUT2D eigenvalue weighted by atomic mass is 9.73.